The van der Waals surface area contributed by atoms with Crippen LogP contribution in [0.15, 0.2) is 41.3 Å². The lowest BCUT2D eigenvalue weighted by Crippen LogP contribution is -2.52. The van der Waals surface area contributed by atoms with Crippen LogP contribution in [0.1, 0.15) is 36.0 Å². The van der Waals surface area contributed by atoms with E-state index in [-0.39, 0.29) is 5.91 Å². The quantitative estimate of drug-likeness (QED) is 0.905. The van der Waals surface area contributed by atoms with Crippen LogP contribution in [-0.2, 0) is 4.79 Å². The molecule has 6 heteroatoms. The predicted octanol–water partition coefficient (Wildman–Crippen LogP) is 2.47. The average molecular weight is 300 g/mol. The van der Waals surface area contributed by atoms with Crippen molar-refractivity contribution >= 4 is 11.9 Å². The fraction of sp³-hybridized carbons (Fsp3) is 0.312. The number of rotatable bonds is 4. The maximum Gasteiger partial charge on any atom is 0.329 e. The lowest BCUT2D eigenvalue weighted by atomic mass is 9.97. The molecule has 114 valence electrons. The molecule has 0 atom stereocenters. The number of oxazole rings is 1. The Hall–Kier alpha value is -2.63. The Balaban J connectivity index is 1.76. The molecule has 3 rings (SSSR count). The zero-order chi connectivity index (χ0) is 15.6. The van der Waals surface area contributed by atoms with E-state index in [1.807, 2.05) is 0 Å². The zero-order valence-corrected chi connectivity index (χ0v) is 11.9. The van der Waals surface area contributed by atoms with E-state index in [2.05, 4.69) is 10.3 Å². The summed E-state index contributed by atoms with van der Waals surface area (Å²) in [5.74, 6) is -0.713. The van der Waals surface area contributed by atoms with Gasteiger partial charge in [-0.3, -0.25) is 4.79 Å². The van der Waals surface area contributed by atoms with Gasteiger partial charge >= 0.3 is 5.97 Å². The number of carbonyl (C=O) groups is 2. The van der Waals surface area contributed by atoms with Gasteiger partial charge in [0.05, 0.1) is 6.20 Å². The third kappa shape index (κ3) is 2.59. The van der Waals surface area contributed by atoms with Gasteiger partial charge in [0.1, 0.15) is 5.54 Å². The summed E-state index contributed by atoms with van der Waals surface area (Å²) in [6, 6.07) is 6.80. The Morgan fingerprint density at radius 2 is 1.86 bits per heavy atom. The van der Waals surface area contributed by atoms with Gasteiger partial charge in [-0.15, -0.1) is 0 Å². The molecule has 1 saturated carbocycles. The lowest BCUT2D eigenvalue weighted by molar-refractivity contribution is -0.144. The minimum Gasteiger partial charge on any atom is -0.480 e. The Morgan fingerprint density at radius 3 is 2.41 bits per heavy atom. The summed E-state index contributed by atoms with van der Waals surface area (Å²) in [5, 5.41) is 12.1. The normalized spacial score (nSPS) is 16.4. The van der Waals surface area contributed by atoms with Gasteiger partial charge in [-0.25, -0.2) is 9.78 Å². The van der Waals surface area contributed by atoms with Crippen molar-refractivity contribution in [1.29, 1.82) is 0 Å². The second kappa shape index (κ2) is 5.63. The molecule has 0 aliphatic heterocycles. The van der Waals surface area contributed by atoms with Crippen LogP contribution in [0.3, 0.4) is 0 Å². The third-order valence-electron chi connectivity index (χ3n) is 4.08. The molecule has 2 aromatic rings. The van der Waals surface area contributed by atoms with Crippen molar-refractivity contribution in [2.75, 3.05) is 0 Å². The smallest absolute Gasteiger partial charge is 0.329 e. The molecular formula is C16H16N2O4. The molecule has 2 N–H and O–H groups in total. The van der Waals surface area contributed by atoms with E-state index in [1.54, 1.807) is 30.5 Å². The number of nitrogens with zero attached hydrogens (tertiary/aromatic N) is 1. The van der Waals surface area contributed by atoms with Crippen LogP contribution in [0.4, 0.5) is 0 Å². The van der Waals surface area contributed by atoms with E-state index < -0.39 is 11.5 Å². The Morgan fingerprint density at radius 1 is 1.18 bits per heavy atom. The second-order valence-electron chi connectivity index (χ2n) is 5.49. The lowest BCUT2D eigenvalue weighted by Gasteiger charge is -2.25. The molecule has 0 radical (unpaired) electrons. The first-order valence-electron chi connectivity index (χ1n) is 7.16. The number of amides is 1. The largest absolute Gasteiger partial charge is 0.480 e. The fourth-order valence-corrected chi connectivity index (χ4v) is 2.80. The Kier molecular flexibility index (Phi) is 3.66. The van der Waals surface area contributed by atoms with Crippen molar-refractivity contribution in [3.05, 3.63) is 42.4 Å². The summed E-state index contributed by atoms with van der Waals surface area (Å²) in [5.41, 5.74) is 0.111. The van der Waals surface area contributed by atoms with Crippen LogP contribution in [0.2, 0.25) is 0 Å². The summed E-state index contributed by atoms with van der Waals surface area (Å²) in [7, 11) is 0. The number of hydrogen-bond acceptors (Lipinski definition) is 4. The van der Waals surface area contributed by atoms with E-state index in [9.17, 15) is 14.7 Å². The second-order valence-corrected chi connectivity index (χ2v) is 5.49. The van der Waals surface area contributed by atoms with Crippen molar-refractivity contribution in [1.82, 2.24) is 10.3 Å². The standard InChI is InChI=1S/C16H16N2O4/c19-14(18-16(15(20)21)7-1-2-8-16)12-5-3-11(4-6-12)13-9-17-10-22-13/h3-6,9-10H,1-2,7-8H2,(H,18,19)(H,20,21). The number of carbonyl (C=O) groups excluding carboxylic acids is 1. The van der Waals surface area contributed by atoms with Crippen molar-refractivity contribution in [2.45, 2.75) is 31.2 Å². The molecule has 1 heterocycles. The maximum absolute atomic E-state index is 12.3. The number of benzene rings is 1. The SMILES string of the molecule is O=C(NC1(C(=O)O)CCCC1)c1ccc(-c2cnco2)cc1. The van der Waals surface area contributed by atoms with Gasteiger partial charge in [-0.05, 0) is 25.0 Å². The molecule has 6 nitrogen and oxygen atoms in total. The van der Waals surface area contributed by atoms with Crippen molar-refractivity contribution in [3.63, 3.8) is 0 Å². The van der Waals surface area contributed by atoms with E-state index >= 15 is 0 Å². The maximum atomic E-state index is 12.3. The minimum atomic E-state index is -1.12. The van der Waals surface area contributed by atoms with Gasteiger partial charge in [-0.2, -0.15) is 0 Å². The molecule has 0 unspecified atom stereocenters. The number of carboxylic acid groups (broad SMARTS) is 1. The van der Waals surface area contributed by atoms with Crippen LogP contribution in [0.5, 0.6) is 0 Å². The van der Waals surface area contributed by atoms with Gasteiger partial charge in [0.2, 0.25) is 0 Å². The first-order chi connectivity index (χ1) is 10.6. The van der Waals surface area contributed by atoms with Gasteiger partial charge < -0.3 is 14.8 Å². The number of hydrogen-bond donors (Lipinski definition) is 2. The number of aromatic nitrogens is 1. The zero-order valence-electron chi connectivity index (χ0n) is 11.9. The van der Waals surface area contributed by atoms with Crippen LogP contribution in [0.25, 0.3) is 11.3 Å². The summed E-state index contributed by atoms with van der Waals surface area (Å²) in [4.78, 5) is 27.6. The monoisotopic (exact) mass is 300 g/mol. The van der Waals surface area contributed by atoms with Crippen LogP contribution in [0, 0.1) is 0 Å². The highest BCUT2D eigenvalue weighted by Gasteiger charge is 2.42. The van der Waals surface area contributed by atoms with Gasteiger partial charge in [0.15, 0.2) is 12.2 Å². The van der Waals surface area contributed by atoms with Gasteiger partial charge in [0.25, 0.3) is 5.91 Å². The summed E-state index contributed by atoms with van der Waals surface area (Å²) < 4.78 is 5.19. The van der Waals surface area contributed by atoms with Crippen LogP contribution < -0.4 is 5.32 Å². The van der Waals surface area contributed by atoms with E-state index in [1.165, 1.54) is 6.39 Å². The first kappa shape index (κ1) is 14.3. The molecule has 0 bridgehead atoms. The molecular weight excluding hydrogens is 284 g/mol. The van der Waals surface area contributed by atoms with Crippen LogP contribution in [-0.4, -0.2) is 27.5 Å². The van der Waals surface area contributed by atoms with Crippen molar-refractivity contribution in [3.8, 4) is 11.3 Å². The highest BCUT2D eigenvalue weighted by atomic mass is 16.4. The molecule has 1 aromatic carbocycles. The molecule has 1 aromatic heterocycles. The topological polar surface area (TPSA) is 92.4 Å². The molecule has 1 amide bonds. The van der Waals surface area contributed by atoms with Gasteiger partial charge in [-0.1, -0.05) is 25.0 Å². The highest BCUT2D eigenvalue weighted by molar-refractivity contribution is 5.98. The first-order valence-corrected chi connectivity index (χ1v) is 7.16. The summed E-state index contributed by atoms with van der Waals surface area (Å²) in [6.45, 7) is 0. The molecule has 0 spiro atoms. The molecule has 1 aliphatic carbocycles. The molecule has 1 aliphatic rings. The van der Waals surface area contributed by atoms with Crippen molar-refractivity contribution in [2.24, 2.45) is 0 Å². The van der Waals surface area contributed by atoms with Gasteiger partial charge in [0, 0.05) is 11.1 Å². The molecule has 22 heavy (non-hydrogen) atoms. The number of carboxylic acids is 1. The average Bonchev–Trinajstić information content (AvgIpc) is 3.19. The van der Waals surface area contributed by atoms with E-state index in [0.717, 1.165) is 18.4 Å². The highest BCUT2D eigenvalue weighted by Crippen LogP contribution is 2.30. The van der Waals surface area contributed by atoms with E-state index in [0.29, 0.717) is 24.2 Å². The molecule has 1 fully saturated rings. The third-order valence-corrected chi connectivity index (χ3v) is 4.08. The van der Waals surface area contributed by atoms with Crippen molar-refractivity contribution < 1.29 is 19.1 Å². The molecule has 0 saturated heterocycles. The Bertz CT molecular complexity index is 671. The minimum absolute atomic E-state index is 0.367. The number of nitrogens with one attached hydrogen (secondary N) is 1. The predicted molar refractivity (Wildman–Crippen MR) is 78.2 cm³/mol. The summed E-state index contributed by atoms with van der Waals surface area (Å²) in [6.07, 6.45) is 5.52. The number of aliphatic carboxylic acids is 1. The van der Waals surface area contributed by atoms with E-state index in [4.69, 9.17) is 4.42 Å². The Labute approximate surface area is 127 Å². The summed E-state index contributed by atoms with van der Waals surface area (Å²) >= 11 is 0. The fourth-order valence-electron chi connectivity index (χ4n) is 2.80. The van der Waals surface area contributed by atoms with Crippen LogP contribution >= 0.6 is 0 Å².